The molecule has 0 aliphatic carbocycles. The largest absolute Gasteiger partial charge is 0.508 e. The van der Waals surface area contributed by atoms with Crippen LogP contribution in [-0.2, 0) is 9.47 Å². The van der Waals surface area contributed by atoms with Gasteiger partial charge in [0.05, 0.1) is 6.10 Å². The van der Waals surface area contributed by atoms with Crippen molar-refractivity contribution >= 4 is 5.78 Å². The number of Topliss-reactive ketones (excluding diaryl/α,β-unsaturated/α-hetero) is 1. The molecule has 0 bridgehead atoms. The monoisotopic (exact) mass is 450 g/mol. The lowest BCUT2D eigenvalue weighted by Crippen LogP contribution is -2.59. The molecule has 0 radical (unpaired) electrons. The van der Waals surface area contributed by atoms with Crippen LogP contribution in [0, 0.1) is 0 Å². The number of phenolic OH excluding ortho intramolecular Hbond substituents is 4. The van der Waals surface area contributed by atoms with E-state index in [1.807, 2.05) is 0 Å². The van der Waals surface area contributed by atoms with Crippen molar-refractivity contribution in [1.29, 1.82) is 0 Å². The number of aromatic hydroxyl groups is 4. The average Bonchev–Trinajstić information content (AvgIpc) is 2.70. The number of aliphatic hydroxyl groups is 3. The number of aliphatic hydroxyl groups excluding tert-OH is 3. The Morgan fingerprint density at radius 2 is 1.47 bits per heavy atom. The van der Waals surface area contributed by atoms with Crippen molar-refractivity contribution in [3.8, 4) is 28.7 Å². The van der Waals surface area contributed by atoms with E-state index in [2.05, 4.69) is 0 Å². The molecule has 0 aromatic heterocycles. The van der Waals surface area contributed by atoms with Gasteiger partial charge in [0, 0.05) is 23.8 Å². The second-order valence-corrected chi connectivity index (χ2v) is 7.76. The average molecular weight is 450 g/mol. The molecule has 172 valence electrons. The summed E-state index contributed by atoms with van der Waals surface area (Å²) in [6.07, 6.45) is -10.1. The first-order valence-corrected chi connectivity index (χ1v) is 9.71. The fourth-order valence-electron chi connectivity index (χ4n) is 3.83. The van der Waals surface area contributed by atoms with Gasteiger partial charge in [0.2, 0.25) is 5.78 Å². The molecular weight excluding hydrogens is 428 g/mol. The van der Waals surface area contributed by atoms with Crippen molar-refractivity contribution in [2.24, 2.45) is 0 Å². The summed E-state index contributed by atoms with van der Waals surface area (Å²) < 4.78 is 16.9. The lowest BCUT2D eigenvalue weighted by atomic mass is 9.92. The Labute approximate surface area is 181 Å². The fraction of sp³-hybridized carbons (Fsp3) is 0.381. The summed E-state index contributed by atoms with van der Waals surface area (Å²) in [5.74, 6) is -2.59. The van der Waals surface area contributed by atoms with Crippen LogP contribution in [0.4, 0.5) is 0 Å². The number of hydrogen-bond donors (Lipinski definition) is 7. The van der Waals surface area contributed by atoms with Gasteiger partial charge < -0.3 is 50.0 Å². The van der Waals surface area contributed by atoms with E-state index in [0.717, 1.165) is 18.2 Å². The van der Waals surface area contributed by atoms with Crippen LogP contribution in [0.1, 0.15) is 28.9 Å². The highest BCUT2D eigenvalue weighted by Crippen LogP contribution is 2.44. The molecule has 11 nitrogen and oxygen atoms in total. The third-order valence-corrected chi connectivity index (χ3v) is 5.44. The van der Waals surface area contributed by atoms with Crippen molar-refractivity contribution < 1.29 is 54.8 Å². The lowest BCUT2D eigenvalue weighted by molar-refractivity contribution is -0.304. The van der Waals surface area contributed by atoms with Crippen molar-refractivity contribution in [3.63, 3.8) is 0 Å². The number of fused-ring (bicyclic) bond motifs is 1. The van der Waals surface area contributed by atoms with Crippen LogP contribution in [0.25, 0.3) is 0 Å². The first-order valence-electron chi connectivity index (χ1n) is 9.71. The van der Waals surface area contributed by atoms with Gasteiger partial charge in [-0.05, 0) is 19.1 Å². The predicted octanol–water partition coefficient (Wildman–Crippen LogP) is 0.0381. The fourth-order valence-corrected chi connectivity index (χ4v) is 3.83. The van der Waals surface area contributed by atoms with Crippen LogP contribution >= 0.6 is 0 Å². The van der Waals surface area contributed by atoms with Gasteiger partial charge >= 0.3 is 0 Å². The van der Waals surface area contributed by atoms with Gasteiger partial charge in [-0.1, -0.05) is 0 Å². The second-order valence-electron chi connectivity index (χ2n) is 7.76. The summed E-state index contributed by atoms with van der Waals surface area (Å²) in [5, 5.41) is 70.0. The molecule has 1 saturated heterocycles. The van der Waals surface area contributed by atoms with Crippen LogP contribution < -0.4 is 4.74 Å². The molecule has 2 aliphatic heterocycles. The standard InChI is InChI=1S/C21H22O11/c1-7-15(26)17(28)18(29)21(30-7)32-20-16(27)14-12(25)5-11(24)6-13(14)31-19(20)8-2-9(22)4-10(23)3-8/h2-7,15,17-26,28-29H,1H3. The highest BCUT2D eigenvalue weighted by molar-refractivity contribution is 6.05. The third kappa shape index (κ3) is 3.80. The second kappa shape index (κ2) is 8.11. The van der Waals surface area contributed by atoms with Crippen LogP contribution in [0.3, 0.4) is 0 Å². The van der Waals surface area contributed by atoms with E-state index in [-0.39, 0.29) is 34.1 Å². The summed E-state index contributed by atoms with van der Waals surface area (Å²) in [4.78, 5) is 13.3. The van der Waals surface area contributed by atoms with Gasteiger partial charge in [0.25, 0.3) is 0 Å². The van der Waals surface area contributed by atoms with Gasteiger partial charge in [0.15, 0.2) is 18.5 Å². The molecule has 32 heavy (non-hydrogen) atoms. The first kappa shape index (κ1) is 22.1. The smallest absolute Gasteiger partial charge is 0.203 e. The van der Waals surface area contributed by atoms with Gasteiger partial charge in [0.1, 0.15) is 52.6 Å². The van der Waals surface area contributed by atoms with Crippen molar-refractivity contribution in [1.82, 2.24) is 0 Å². The van der Waals surface area contributed by atoms with Gasteiger partial charge in [-0.2, -0.15) is 0 Å². The van der Waals surface area contributed by atoms with E-state index >= 15 is 0 Å². The minimum atomic E-state index is -1.72. The molecule has 11 heteroatoms. The molecule has 2 aromatic carbocycles. The molecule has 0 spiro atoms. The summed E-state index contributed by atoms with van der Waals surface area (Å²) in [5.41, 5.74) is -0.194. The zero-order valence-electron chi connectivity index (χ0n) is 16.7. The normalized spacial score (nSPS) is 32.2. The number of hydrogen-bond acceptors (Lipinski definition) is 11. The van der Waals surface area contributed by atoms with Gasteiger partial charge in [-0.25, -0.2) is 0 Å². The number of phenols is 4. The zero-order valence-corrected chi connectivity index (χ0v) is 16.7. The molecule has 2 heterocycles. The maximum atomic E-state index is 13.3. The quantitative estimate of drug-likeness (QED) is 0.335. The minimum absolute atomic E-state index is 0.105. The van der Waals surface area contributed by atoms with Crippen LogP contribution in [0.2, 0.25) is 0 Å². The number of ketones is 1. The maximum Gasteiger partial charge on any atom is 0.203 e. The van der Waals surface area contributed by atoms with Gasteiger partial charge in [-0.3, -0.25) is 4.79 Å². The van der Waals surface area contributed by atoms with Crippen molar-refractivity contribution in [2.75, 3.05) is 0 Å². The van der Waals surface area contributed by atoms with E-state index in [0.29, 0.717) is 0 Å². The highest BCUT2D eigenvalue weighted by atomic mass is 16.7. The molecule has 7 N–H and O–H groups in total. The third-order valence-electron chi connectivity index (χ3n) is 5.44. The number of carbonyl (C=O) groups excluding carboxylic acids is 1. The Morgan fingerprint density at radius 1 is 0.844 bits per heavy atom. The molecule has 0 amide bonds. The van der Waals surface area contributed by atoms with E-state index in [4.69, 9.17) is 14.2 Å². The van der Waals surface area contributed by atoms with Crippen LogP contribution in [-0.4, -0.2) is 78.3 Å². The van der Waals surface area contributed by atoms with Crippen molar-refractivity contribution in [2.45, 2.75) is 49.8 Å². The SMILES string of the molecule is CC1OC(OC2C(=O)c3c(O)cc(O)cc3OC2c2cc(O)cc(O)c2)C(O)C(O)C1O. The van der Waals surface area contributed by atoms with Gasteiger partial charge in [-0.15, -0.1) is 0 Å². The maximum absolute atomic E-state index is 13.3. The Bertz CT molecular complexity index is 1020. The van der Waals surface area contributed by atoms with E-state index in [9.17, 15) is 40.5 Å². The van der Waals surface area contributed by atoms with Crippen LogP contribution in [0.5, 0.6) is 28.7 Å². The summed E-state index contributed by atoms with van der Waals surface area (Å²) in [6, 6.07) is 5.52. The van der Waals surface area contributed by atoms with E-state index < -0.39 is 54.4 Å². The molecule has 2 aliphatic rings. The molecular formula is C21H22O11. The number of carbonyl (C=O) groups is 1. The van der Waals surface area contributed by atoms with E-state index in [1.54, 1.807) is 0 Å². The number of benzene rings is 2. The summed E-state index contributed by atoms with van der Waals surface area (Å²) >= 11 is 0. The molecule has 7 unspecified atom stereocenters. The topological polar surface area (TPSA) is 186 Å². The molecule has 4 rings (SSSR count). The Morgan fingerprint density at radius 3 is 2.12 bits per heavy atom. The Kier molecular flexibility index (Phi) is 5.61. The van der Waals surface area contributed by atoms with Crippen molar-refractivity contribution in [3.05, 3.63) is 41.5 Å². The zero-order chi connectivity index (χ0) is 23.3. The molecule has 0 saturated carbocycles. The summed E-state index contributed by atoms with van der Waals surface area (Å²) in [7, 11) is 0. The lowest BCUT2D eigenvalue weighted by Gasteiger charge is -2.42. The predicted molar refractivity (Wildman–Crippen MR) is 104 cm³/mol. The summed E-state index contributed by atoms with van der Waals surface area (Å²) in [6.45, 7) is 1.43. The Balaban J connectivity index is 1.76. The first-order chi connectivity index (χ1) is 15.1. The molecule has 7 atom stereocenters. The Hall–Kier alpha value is -3.09. The van der Waals surface area contributed by atoms with E-state index in [1.165, 1.54) is 19.1 Å². The van der Waals surface area contributed by atoms with Crippen LogP contribution in [0.15, 0.2) is 30.3 Å². The number of rotatable bonds is 3. The molecule has 2 aromatic rings. The molecule has 1 fully saturated rings. The highest BCUT2D eigenvalue weighted by Gasteiger charge is 2.48. The number of ether oxygens (including phenoxy) is 3. The minimum Gasteiger partial charge on any atom is -0.508 e.